The molecule has 144 valence electrons. The Morgan fingerprint density at radius 3 is 1.90 bits per heavy atom. The number of hydrogen-bond acceptors (Lipinski definition) is 4. The van der Waals surface area contributed by atoms with Crippen molar-refractivity contribution < 1.29 is 18.7 Å². The van der Waals surface area contributed by atoms with E-state index in [0.29, 0.717) is 22.8 Å². The van der Waals surface area contributed by atoms with Gasteiger partial charge in [-0.25, -0.2) is 0 Å². The second kappa shape index (κ2) is 8.07. The molecule has 0 fully saturated rings. The Balaban J connectivity index is 1.80. The molecule has 0 spiro atoms. The number of benzene rings is 3. The number of carbonyl (C=O) groups excluding carboxylic acids is 1. The molecule has 0 atom stereocenters. The first kappa shape index (κ1) is 18.6. The zero-order chi connectivity index (χ0) is 20.2. The maximum Gasteiger partial charge on any atom is 0.228 e. The zero-order valence-electron chi connectivity index (χ0n) is 16.2. The summed E-state index contributed by atoms with van der Waals surface area (Å²) in [6.45, 7) is 0. The van der Waals surface area contributed by atoms with Crippen LogP contribution in [0.1, 0.15) is 16.1 Å². The highest BCUT2D eigenvalue weighted by Crippen LogP contribution is 2.34. The third-order valence-corrected chi connectivity index (χ3v) is 4.75. The summed E-state index contributed by atoms with van der Waals surface area (Å²) in [5.74, 6) is 2.23. The summed E-state index contributed by atoms with van der Waals surface area (Å²) >= 11 is 0. The minimum absolute atomic E-state index is 0.175. The van der Waals surface area contributed by atoms with Gasteiger partial charge in [0.05, 0.1) is 14.2 Å². The standard InChI is InChI=1S/C25H20O4/c1-27-20-12-8-18(9-13-20)23-16-22(17-6-4-3-5-7-17)25(29-23)24(26)19-10-14-21(28-2)15-11-19/h3-16H,1-2H3. The van der Waals surface area contributed by atoms with E-state index in [2.05, 4.69) is 0 Å². The van der Waals surface area contributed by atoms with Gasteiger partial charge >= 0.3 is 0 Å². The third kappa shape index (κ3) is 3.78. The first-order chi connectivity index (χ1) is 14.2. The normalized spacial score (nSPS) is 10.6. The van der Waals surface area contributed by atoms with Crippen molar-refractivity contribution in [2.45, 2.75) is 0 Å². The molecular formula is C25H20O4. The predicted octanol–water partition coefficient (Wildman–Crippen LogP) is 5.86. The summed E-state index contributed by atoms with van der Waals surface area (Å²) in [7, 11) is 3.22. The van der Waals surface area contributed by atoms with Crippen LogP contribution in [-0.2, 0) is 0 Å². The number of carbonyl (C=O) groups is 1. The Bertz CT molecular complexity index is 1110. The van der Waals surface area contributed by atoms with Crippen molar-refractivity contribution in [2.75, 3.05) is 14.2 Å². The highest BCUT2D eigenvalue weighted by atomic mass is 16.5. The van der Waals surface area contributed by atoms with E-state index in [1.165, 1.54) is 0 Å². The molecule has 0 radical (unpaired) electrons. The molecule has 4 rings (SSSR count). The highest BCUT2D eigenvalue weighted by molar-refractivity contribution is 6.11. The van der Waals surface area contributed by atoms with Crippen molar-refractivity contribution in [1.82, 2.24) is 0 Å². The van der Waals surface area contributed by atoms with Crippen molar-refractivity contribution >= 4 is 5.78 Å². The lowest BCUT2D eigenvalue weighted by atomic mass is 10.0. The topological polar surface area (TPSA) is 48.7 Å². The van der Waals surface area contributed by atoms with Crippen molar-refractivity contribution in [3.05, 3.63) is 96.3 Å². The van der Waals surface area contributed by atoms with Gasteiger partial charge in [0.1, 0.15) is 17.3 Å². The lowest BCUT2D eigenvalue weighted by molar-refractivity contribution is 0.101. The summed E-state index contributed by atoms with van der Waals surface area (Å²) in [6.07, 6.45) is 0. The molecule has 1 heterocycles. The quantitative estimate of drug-likeness (QED) is 0.391. The van der Waals surface area contributed by atoms with Crippen LogP contribution < -0.4 is 9.47 Å². The Labute approximate surface area is 169 Å². The number of rotatable bonds is 6. The van der Waals surface area contributed by atoms with Gasteiger partial charge in [-0.15, -0.1) is 0 Å². The Kier molecular flexibility index (Phi) is 5.16. The van der Waals surface area contributed by atoms with Crippen molar-refractivity contribution in [2.24, 2.45) is 0 Å². The molecule has 0 N–H and O–H groups in total. The van der Waals surface area contributed by atoms with Crippen LogP contribution in [0, 0.1) is 0 Å². The molecule has 4 heteroatoms. The van der Waals surface area contributed by atoms with Gasteiger partial charge < -0.3 is 13.9 Å². The minimum Gasteiger partial charge on any atom is -0.497 e. The molecule has 0 amide bonds. The van der Waals surface area contributed by atoms with Crippen LogP contribution in [0.15, 0.2) is 89.3 Å². The van der Waals surface area contributed by atoms with Gasteiger partial charge in [0.2, 0.25) is 5.78 Å². The summed E-state index contributed by atoms with van der Waals surface area (Å²) in [4.78, 5) is 13.2. The van der Waals surface area contributed by atoms with Crippen molar-refractivity contribution in [3.63, 3.8) is 0 Å². The number of ether oxygens (including phenoxy) is 2. The molecule has 0 bridgehead atoms. The van der Waals surface area contributed by atoms with Gasteiger partial charge in [0, 0.05) is 16.7 Å². The molecule has 1 aromatic heterocycles. The van der Waals surface area contributed by atoms with Gasteiger partial charge in [-0.1, -0.05) is 30.3 Å². The minimum atomic E-state index is -0.175. The lowest BCUT2D eigenvalue weighted by Gasteiger charge is -2.04. The van der Waals surface area contributed by atoms with Crippen LogP contribution in [0.4, 0.5) is 0 Å². The Hall–Kier alpha value is -3.79. The molecular weight excluding hydrogens is 364 g/mol. The fourth-order valence-electron chi connectivity index (χ4n) is 3.16. The average molecular weight is 384 g/mol. The fourth-order valence-corrected chi connectivity index (χ4v) is 3.16. The van der Waals surface area contributed by atoms with Crippen LogP contribution in [0.2, 0.25) is 0 Å². The van der Waals surface area contributed by atoms with Crippen LogP contribution in [0.25, 0.3) is 22.5 Å². The number of furan rings is 1. The first-order valence-electron chi connectivity index (χ1n) is 9.22. The largest absolute Gasteiger partial charge is 0.497 e. The van der Waals surface area contributed by atoms with Crippen LogP contribution in [0.3, 0.4) is 0 Å². The van der Waals surface area contributed by atoms with E-state index >= 15 is 0 Å². The maximum absolute atomic E-state index is 13.2. The van der Waals surface area contributed by atoms with E-state index in [0.717, 1.165) is 22.4 Å². The van der Waals surface area contributed by atoms with Crippen LogP contribution in [-0.4, -0.2) is 20.0 Å². The molecule has 0 saturated heterocycles. The van der Waals surface area contributed by atoms with E-state index in [9.17, 15) is 4.79 Å². The van der Waals surface area contributed by atoms with E-state index < -0.39 is 0 Å². The molecule has 0 aliphatic heterocycles. The van der Waals surface area contributed by atoms with Gasteiger partial charge in [0.15, 0.2) is 5.76 Å². The molecule has 0 unspecified atom stereocenters. The SMILES string of the molecule is COc1ccc(C(=O)c2oc(-c3ccc(OC)cc3)cc2-c2ccccc2)cc1. The first-order valence-corrected chi connectivity index (χ1v) is 9.22. The Morgan fingerprint density at radius 1 is 0.724 bits per heavy atom. The molecule has 4 aromatic rings. The van der Waals surface area contributed by atoms with Gasteiger partial charge in [-0.2, -0.15) is 0 Å². The highest BCUT2D eigenvalue weighted by Gasteiger charge is 2.22. The zero-order valence-corrected chi connectivity index (χ0v) is 16.2. The van der Waals surface area contributed by atoms with E-state index in [4.69, 9.17) is 13.9 Å². The predicted molar refractivity (Wildman–Crippen MR) is 113 cm³/mol. The maximum atomic E-state index is 13.2. The summed E-state index contributed by atoms with van der Waals surface area (Å²) in [5, 5.41) is 0. The number of ketones is 1. The smallest absolute Gasteiger partial charge is 0.228 e. The second-order valence-electron chi connectivity index (χ2n) is 6.51. The average Bonchev–Trinajstić information content (AvgIpc) is 3.25. The Morgan fingerprint density at radius 2 is 1.31 bits per heavy atom. The van der Waals surface area contributed by atoms with Crippen LogP contribution >= 0.6 is 0 Å². The van der Waals surface area contributed by atoms with E-state index in [1.54, 1.807) is 38.5 Å². The molecule has 29 heavy (non-hydrogen) atoms. The third-order valence-electron chi connectivity index (χ3n) is 4.75. The van der Waals surface area contributed by atoms with Crippen LogP contribution in [0.5, 0.6) is 11.5 Å². The lowest BCUT2D eigenvalue weighted by Crippen LogP contribution is -2.01. The van der Waals surface area contributed by atoms with E-state index in [-0.39, 0.29) is 5.78 Å². The second-order valence-corrected chi connectivity index (χ2v) is 6.51. The molecule has 0 aliphatic rings. The number of methoxy groups -OCH3 is 2. The molecule has 0 aliphatic carbocycles. The van der Waals surface area contributed by atoms with Gasteiger partial charge in [-0.05, 0) is 60.2 Å². The molecule has 0 saturated carbocycles. The van der Waals surface area contributed by atoms with Gasteiger partial charge in [0.25, 0.3) is 0 Å². The summed E-state index contributed by atoms with van der Waals surface area (Å²) < 4.78 is 16.5. The van der Waals surface area contributed by atoms with Crippen molar-refractivity contribution in [3.8, 4) is 33.9 Å². The van der Waals surface area contributed by atoms with Gasteiger partial charge in [-0.3, -0.25) is 4.79 Å². The summed E-state index contributed by atoms with van der Waals surface area (Å²) in [5.41, 5.74) is 3.10. The molecule has 4 nitrogen and oxygen atoms in total. The van der Waals surface area contributed by atoms with Crippen molar-refractivity contribution in [1.29, 1.82) is 0 Å². The van der Waals surface area contributed by atoms with E-state index in [1.807, 2.05) is 60.7 Å². The monoisotopic (exact) mass is 384 g/mol. The number of hydrogen-bond donors (Lipinski definition) is 0. The fraction of sp³-hybridized carbons (Fsp3) is 0.0800. The summed E-state index contributed by atoms with van der Waals surface area (Å²) in [6, 6.07) is 26.2. The molecule has 3 aromatic carbocycles.